The van der Waals surface area contributed by atoms with Gasteiger partial charge in [0.2, 0.25) is 0 Å². The van der Waals surface area contributed by atoms with Crippen molar-refractivity contribution in [2.75, 3.05) is 0 Å². The highest BCUT2D eigenvalue weighted by molar-refractivity contribution is 5.45. The van der Waals surface area contributed by atoms with E-state index in [2.05, 4.69) is 6.07 Å². The zero-order chi connectivity index (χ0) is 9.14. The van der Waals surface area contributed by atoms with Gasteiger partial charge in [-0.3, -0.25) is 0 Å². The number of rotatable bonds is 1. The van der Waals surface area contributed by atoms with Crippen molar-refractivity contribution in [1.82, 2.24) is 0 Å². The summed E-state index contributed by atoms with van der Waals surface area (Å²) < 4.78 is 0. The molecule has 1 N–H and O–H groups in total. The maximum Gasteiger partial charge on any atom is 0.0997 e. The molecule has 0 amide bonds. The first-order valence-electron chi connectivity index (χ1n) is 3.80. The van der Waals surface area contributed by atoms with Crippen molar-refractivity contribution in [2.45, 2.75) is 20.5 Å². The van der Waals surface area contributed by atoms with E-state index in [-0.39, 0.29) is 6.61 Å². The summed E-state index contributed by atoms with van der Waals surface area (Å²) in [5, 5.41) is 17.6. The first-order chi connectivity index (χ1) is 5.69. The number of hydrogen-bond acceptors (Lipinski definition) is 2. The topological polar surface area (TPSA) is 44.0 Å². The Hall–Kier alpha value is -1.33. The first-order valence-corrected chi connectivity index (χ1v) is 3.80. The highest BCUT2D eigenvalue weighted by atomic mass is 16.3. The van der Waals surface area contributed by atoms with E-state index in [1.54, 1.807) is 0 Å². The Bertz CT molecular complexity index is 313. The van der Waals surface area contributed by atoms with Crippen LogP contribution >= 0.6 is 0 Å². The molecule has 0 saturated heterocycles. The van der Waals surface area contributed by atoms with Crippen LogP contribution in [-0.4, -0.2) is 5.11 Å². The molecule has 1 aromatic rings. The maximum absolute atomic E-state index is 8.87. The van der Waals surface area contributed by atoms with Gasteiger partial charge < -0.3 is 5.11 Å². The fraction of sp³-hybridized carbons (Fsp3) is 0.300. The standard InChI is InChI=1S/C10H11NO/c1-7-3-9(6-12)4-8(2)10(7)5-11/h3-4,12H,6H2,1-2H3. The Morgan fingerprint density at radius 1 is 1.33 bits per heavy atom. The van der Waals surface area contributed by atoms with Gasteiger partial charge in [0.25, 0.3) is 0 Å². The summed E-state index contributed by atoms with van der Waals surface area (Å²) in [6, 6.07) is 5.81. The van der Waals surface area contributed by atoms with Gasteiger partial charge in [0, 0.05) is 0 Å². The molecule has 0 atom stereocenters. The molecule has 0 aliphatic carbocycles. The van der Waals surface area contributed by atoms with Gasteiger partial charge in [-0.15, -0.1) is 0 Å². The molecule has 0 radical (unpaired) electrons. The normalized spacial score (nSPS) is 9.50. The highest BCUT2D eigenvalue weighted by Crippen LogP contribution is 2.15. The Morgan fingerprint density at radius 3 is 2.17 bits per heavy atom. The molecule has 0 aromatic heterocycles. The lowest BCUT2D eigenvalue weighted by Crippen LogP contribution is -1.92. The van der Waals surface area contributed by atoms with Gasteiger partial charge >= 0.3 is 0 Å². The van der Waals surface area contributed by atoms with Crippen LogP contribution in [-0.2, 0) is 6.61 Å². The van der Waals surface area contributed by atoms with Crippen molar-refractivity contribution in [1.29, 1.82) is 5.26 Å². The van der Waals surface area contributed by atoms with Crippen LogP contribution in [0.2, 0.25) is 0 Å². The number of aryl methyl sites for hydroxylation is 2. The lowest BCUT2D eigenvalue weighted by atomic mass is 10.0. The minimum atomic E-state index is 0.0351. The van der Waals surface area contributed by atoms with Crippen molar-refractivity contribution in [3.63, 3.8) is 0 Å². The van der Waals surface area contributed by atoms with E-state index in [1.807, 2.05) is 26.0 Å². The van der Waals surface area contributed by atoms with E-state index in [0.29, 0.717) is 5.56 Å². The van der Waals surface area contributed by atoms with Gasteiger partial charge in [-0.1, -0.05) is 12.1 Å². The van der Waals surface area contributed by atoms with Crippen LogP contribution in [0.4, 0.5) is 0 Å². The van der Waals surface area contributed by atoms with E-state index >= 15 is 0 Å². The van der Waals surface area contributed by atoms with Crippen molar-refractivity contribution in [3.8, 4) is 6.07 Å². The monoisotopic (exact) mass is 161 g/mol. The van der Waals surface area contributed by atoms with Crippen molar-refractivity contribution in [3.05, 3.63) is 34.4 Å². The molecule has 0 bridgehead atoms. The number of benzene rings is 1. The summed E-state index contributed by atoms with van der Waals surface area (Å²) in [5.74, 6) is 0. The lowest BCUT2D eigenvalue weighted by Gasteiger charge is -2.04. The second kappa shape index (κ2) is 3.38. The second-order valence-electron chi connectivity index (χ2n) is 2.87. The third-order valence-corrected chi connectivity index (χ3v) is 1.89. The molecule has 62 valence electrons. The van der Waals surface area contributed by atoms with E-state index in [9.17, 15) is 0 Å². The molecule has 12 heavy (non-hydrogen) atoms. The molecule has 0 aliphatic heterocycles. The molecule has 0 unspecified atom stereocenters. The van der Waals surface area contributed by atoms with Crippen LogP contribution in [0.15, 0.2) is 12.1 Å². The van der Waals surface area contributed by atoms with E-state index in [0.717, 1.165) is 16.7 Å². The van der Waals surface area contributed by atoms with Crippen LogP contribution < -0.4 is 0 Å². The first kappa shape index (κ1) is 8.76. The lowest BCUT2D eigenvalue weighted by molar-refractivity contribution is 0.281. The van der Waals surface area contributed by atoms with Crippen LogP contribution in [0.5, 0.6) is 0 Å². The average molecular weight is 161 g/mol. The summed E-state index contributed by atoms with van der Waals surface area (Å²) in [4.78, 5) is 0. The smallest absolute Gasteiger partial charge is 0.0997 e. The van der Waals surface area contributed by atoms with Gasteiger partial charge in [0.15, 0.2) is 0 Å². The predicted molar refractivity (Wildman–Crippen MR) is 46.6 cm³/mol. The van der Waals surface area contributed by atoms with E-state index in [1.165, 1.54) is 0 Å². The fourth-order valence-electron chi connectivity index (χ4n) is 1.32. The van der Waals surface area contributed by atoms with Crippen LogP contribution in [0.25, 0.3) is 0 Å². The Kier molecular flexibility index (Phi) is 2.47. The van der Waals surface area contributed by atoms with Gasteiger partial charge in [-0.05, 0) is 30.5 Å². The second-order valence-corrected chi connectivity index (χ2v) is 2.87. The Labute approximate surface area is 72.1 Å². The predicted octanol–water partition coefficient (Wildman–Crippen LogP) is 1.67. The summed E-state index contributed by atoms with van der Waals surface area (Å²) in [5.41, 5.74) is 3.44. The quantitative estimate of drug-likeness (QED) is 0.680. The van der Waals surface area contributed by atoms with Crippen LogP contribution in [0.1, 0.15) is 22.3 Å². The molecule has 2 nitrogen and oxygen atoms in total. The van der Waals surface area contributed by atoms with Crippen LogP contribution in [0.3, 0.4) is 0 Å². The average Bonchev–Trinajstić information content (AvgIpc) is 2.03. The Balaban J connectivity index is 3.30. The number of aliphatic hydroxyl groups is 1. The number of nitriles is 1. The molecule has 1 rings (SSSR count). The highest BCUT2D eigenvalue weighted by Gasteiger charge is 2.02. The minimum absolute atomic E-state index is 0.0351. The zero-order valence-electron chi connectivity index (χ0n) is 7.26. The molecule has 2 heteroatoms. The molecular formula is C10H11NO. The molecule has 0 fully saturated rings. The number of hydrogen-bond donors (Lipinski definition) is 1. The van der Waals surface area contributed by atoms with Gasteiger partial charge in [0.05, 0.1) is 18.2 Å². The van der Waals surface area contributed by atoms with Crippen molar-refractivity contribution in [2.24, 2.45) is 0 Å². The van der Waals surface area contributed by atoms with Crippen LogP contribution in [0, 0.1) is 25.2 Å². The summed E-state index contributed by atoms with van der Waals surface area (Å²) in [6.45, 7) is 3.79. The van der Waals surface area contributed by atoms with Gasteiger partial charge in [0.1, 0.15) is 0 Å². The maximum atomic E-state index is 8.87. The van der Waals surface area contributed by atoms with E-state index < -0.39 is 0 Å². The molecule has 0 heterocycles. The molecular weight excluding hydrogens is 150 g/mol. The van der Waals surface area contributed by atoms with Crippen molar-refractivity contribution < 1.29 is 5.11 Å². The molecule has 1 aromatic carbocycles. The number of aliphatic hydroxyl groups excluding tert-OH is 1. The largest absolute Gasteiger partial charge is 0.392 e. The fourth-order valence-corrected chi connectivity index (χ4v) is 1.32. The molecule has 0 aliphatic rings. The summed E-state index contributed by atoms with van der Waals surface area (Å²) >= 11 is 0. The van der Waals surface area contributed by atoms with Gasteiger partial charge in [-0.25, -0.2) is 0 Å². The third kappa shape index (κ3) is 1.46. The summed E-state index contributed by atoms with van der Waals surface area (Å²) in [7, 11) is 0. The third-order valence-electron chi connectivity index (χ3n) is 1.89. The Morgan fingerprint density at radius 2 is 1.83 bits per heavy atom. The van der Waals surface area contributed by atoms with Crippen molar-refractivity contribution >= 4 is 0 Å². The molecule has 0 saturated carbocycles. The minimum Gasteiger partial charge on any atom is -0.392 e. The molecule has 0 spiro atoms. The summed E-state index contributed by atoms with van der Waals surface area (Å²) in [6.07, 6.45) is 0. The van der Waals surface area contributed by atoms with E-state index in [4.69, 9.17) is 10.4 Å². The van der Waals surface area contributed by atoms with Gasteiger partial charge in [-0.2, -0.15) is 5.26 Å². The zero-order valence-corrected chi connectivity index (χ0v) is 7.26. The number of nitrogens with zero attached hydrogens (tertiary/aromatic N) is 1. The SMILES string of the molecule is Cc1cc(CO)cc(C)c1C#N.